The molecule has 0 saturated carbocycles. The molecule has 0 aliphatic rings. The van der Waals surface area contributed by atoms with Gasteiger partial charge in [-0.1, -0.05) is 156 Å². The highest BCUT2D eigenvalue weighted by Crippen LogP contribution is 2.34. The second-order valence-electron chi connectivity index (χ2n) is 26.1. The Morgan fingerprint density at radius 3 is 0.590 bits per heavy atom. The zero-order chi connectivity index (χ0) is 84.1. The molecule has 9 N–H and O–H groups in total. The molecule has 12 nitrogen and oxygen atoms in total. The van der Waals surface area contributed by atoms with E-state index in [-0.39, 0.29) is 83.2 Å². The van der Waals surface area contributed by atoms with Crippen LogP contribution in [0.1, 0.15) is 109 Å². The van der Waals surface area contributed by atoms with E-state index in [0.717, 1.165) is 58.8 Å². The highest BCUT2D eigenvalue weighted by atomic mass is 35.5. The first-order valence-electron chi connectivity index (χ1n) is 37.7. The van der Waals surface area contributed by atoms with E-state index >= 15 is 0 Å². The Hall–Kier alpha value is -10.2. The summed E-state index contributed by atoms with van der Waals surface area (Å²) < 4.78 is 141. The van der Waals surface area contributed by atoms with Crippen LogP contribution in [0.3, 0.4) is 0 Å². The summed E-state index contributed by atoms with van der Waals surface area (Å²) in [5.74, 6) is 0.599. The Balaban J connectivity index is 0.000000194. The van der Waals surface area contributed by atoms with Crippen LogP contribution in [0.25, 0.3) is 0 Å². The van der Waals surface area contributed by atoms with Gasteiger partial charge in [-0.25, -0.2) is 35.1 Å². The third-order valence-corrected chi connectivity index (χ3v) is 18.0. The van der Waals surface area contributed by atoms with Crippen LogP contribution in [-0.2, 0) is 0 Å². The molecule has 0 saturated heterocycles. The molecule has 0 amide bonds. The van der Waals surface area contributed by atoms with Gasteiger partial charge in [0.05, 0.1) is 0 Å². The van der Waals surface area contributed by atoms with Crippen molar-refractivity contribution in [1.82, 2.24) is 16.0 Å². The Kier molecular flexibility index (Phi) is 42.1. The largest absolute Gasteiger partial charge is 0.486 e. The zero-order valence-corrected chi connectivity index (χ0v) is 67.9. The fraction of sp³-hybridized carbons (Fsp3) is 0.226. The smallest absolute Gasteiger partial charge is 0.126 e. The van der Waals surface area contributed by atoms with Crippen LogP contribution in [-0.4, -0.2) is 60.4 Å². The Morgan fingerprint density at radius 1 is 0.231 bits per heavy atom. The van der Waals surface area contributed by atoms with Crippen molar-refractivity contribution in [2.45, 2.75) is 75.1 Å². The van der Waals surface area contributed by atoms with Gasteiger partial charge >= 0.3 is 0 Å². The highest BCUT2D eigenvalue weighted by molar-refractivity contribution is 6.31. The number of ether oxygens (including phenoxy) is 6. The van der Waals surface area contributed by atoms with Crippen LogP contribution in [0.5, 0.6) is 34.5 Å². The van der Waals surface area contributed by atoms with Gasteiger partial charge in [0.15, 0.2) is 0 Å². The van der Waals surface area contributed by atoms with Crippen molar-refractivity contribution in [3.63, 3.8) is 0 Å². The fourth-order valence-corrected chi connectivity index (χ4v) is 12.3. The highest BCUT2D eigenvalue weighted by Gasteiger charge is 2.20. The van der Waals surface area contributed by atoms with Crippen LogP contribution in [0, 0.1) is 46.5 Å². The second-order valence-corrected chi connectivity index (χ2v) is 27.9. The molecule has 0 heterocycles. The van der Waals surface area contributed by atoms with Gasteiger partial charge in [0, 0.05) is 82.9 Å². The average molecular weight is 1690 g/mol. The predicted molar refractivity (Wildman–Crippen MR) is 454 cm³/mol. The number of benzene rings is 12. The van der Waals surface area contributed by atoms with Crippen molar-refractivity contribution < 1.29 is 63.5 Å². The van der Waals surface area contributed by atoms with E-state index in [9.17, 15) is 35.1 Å². The van der Waals surface area contributed by atoms with Crippen molar-refractivity contribution >= 4 is 46.4 Å². The molecule has 4 unspecified atom stereocenters. The topological polar surface area (TPSA) is 170 Å². The summed E-state index contributed by atoms with van der Waals surface area (Å²) in [7, 11) is 5.51. The summed E-state index contributed by atoms with van der Waals surface area (Å²) in [6.45, 7) is 3.63. The van der Waals surface area contributed by atoms with Gasteiger partial charge in [0.2, 0.25) is 0 Å². The van der Waals surface area contributed by atoms with Gasteiger partial charge in [-0.2, -0.15) is 0 Å². The van der Waals surface area contributed by atoms with Gasteiger partial charge < -0.3 is 61.6 Å². The van der Waals surface area contributed by atoms with Crippen LogP contribution < -0.4 is 61.6 Å². The van der Waals surface area contributed by atoms with Crippen molar-refractivity contribution in [3.05, 3.63) is 391 Å². The van der Waals surface area contributed by atoms with E-state index in [2.05, 4.69) is 16.0 Å². The SMILES string of the molecule is CNCCC(Oc1cccc(F)c1)c1cccc(F)c1.CNCC[C@@H](Oc1cccc(F)c1)c1cccc(F)c1.CNCC[C@H](Oc1cccc(F)c1)c1cccc(F)c1.NCCC(Oc1cccc(Cl)c1)c1cccc(Cl)c1.NCCC(Oc1cccc(Cl)c1)c1cccc(F)c1.NCCC(Oc1cccc(F)c1)c1cccc(Cl)c1. The van der Waals surface area contributed by atoms with Gasteiger partial charge in [0.1, 0.15) is 118 Å². The molecule has 0 spiro atoms. The lowest BCUT2D eigenvalue weighted by Gasteiger charge is -2.19. The lowest BCUT2D eigenvalue weighted by molar-refractivity contribution is 0.193. The summed E-state index contributed by atoms with van der Waals surface area (Å²) in [5, 5.41) is 11.7. The average Bonchev–Trinajstić information content (AvgIpc) is 0.883. The molecule has 0 aromatic heterocycles. The molecule has 12 aromatic rings. The van der Waals surface area contributed by atoms with Crippen LogP contribution in [0.2, 0.25) is 20.1 Å². The van der Waals surface area contributed by atoms with E-state index in [0.29, 0.717) is 107 Å². The lowest BCUT2D eigenvalue weighted by atomic mass is 10.1. The normalized spacial score (nSPS) is 12.2. The maximum absolute atomic E-state index is 13.3. The quantitative estimate of drug-likeness (QED) is 0.0216. The predicted octanol–water partition coefficient (Wildman–Crippen LogP) is 23.4. The number of rotatable bonds is 33. The molecule has 6 atom stereocenters. The van der Waals surface area contributed by atoms with Crippen LogP contribution in [0.4, 0.5) is 35.1 Å². The lowest BCUT2D eigenvalue weighted by Crippen LogP contribution is -2.16. The van der Waals surface area contributed by atoms with Crippen molar-refractivity contribution in [2.24, 2.45) is 17.2 Å². The number of nitrogens with two attached hydrogens (primary N) is 3. The first-order valence-corrected chi connectivity index (χ1v) is 39.2. The van der Waals surface area contributed by atoms with Crippen LogP contribution >= 0.6 is 46.4 Å². The molecule has 0 radical (unpaired) electrons. The maximum atomic E-state index is 13.3. The molecule has 0 fully saturated rings. The van der Waals surface area contributed by atoms with E-state index in [1.165, 1.54) is 97.1 Å². The third kappa shape index (κ3) is 35.7. The molecule has 618 valence electrons. The minimum absolute atomic E-state index is 0.123. The van der Waals surface area contributed by atoms with E-state index < -0.39 is 0 Å². The monoisotopic (exact) mass is 1680 g/mol. The van der Waals surface area contributed by atoms with E-state index in [4.69, 9.17) is 92.0 Å². The van der Waals surface area contributed by atoms with Crippen molar-refractivity contribution in [1.29, 1.82) is 0 Å². The molecule has 0 bridgehead atoms. The summed E-state index contributed by atoms with van der Waals surface area (Å²) in [6.07, 6.45) is 2.36. The summed E-state index contributed by atoms with van der Waals surface area (Å²) in [6, 6.07) is 78.7. The van der Waals surface area contributed by atoms with E-state index in [1.807, 2.05) is 118 Å². The molecule has 12 aromatic carbocycles. The Morgan fingerprint density at radius 2 is 0.402 bits per heavy atom. The zero-order valence-electron chi connectivity index (χ0n) is 64.9. The number of halogens is 12. The summed E-state index contributed by atoms with van der Waals surface area (Å²) >= 11 is 23.8. The number of nitrogens with one attached hydrogen (secondary N) is 3. The molecule has 117 heavy (non-hydrogen) atoms. The van der Waals surface area contributed by atoms with Gasteiger partial charge in [-0.3, -0.25) is 0 Å². The molecular weight excluding hydrogens is 1590 g/mol. The first-order chi connectivity index (χ1) is 56.6. The summed E-state index contributed by atoms with van der Waals surface area (Å²) in [4.78, 5) is 0. The fourth-order valence-electron chi connectivity index (χ4n) is 11.5. The second kappa shape index (κ2) is 52.5. The van der Waals surface area contributed by atoms with Gasteiger partial charge in [-0.05, 0) is 252 Å². The van der Waals surface area contributed by atoms with Gasteiger partial charge in [0.25, 0.3) is 0 Å². The minimum Gasteiger partial charge on any atom is -0.486 e. The standard InChI is InChI=1S/3C16H17F2NO.C15H15Cl2NO.2C15H15ClFNO/c3*1-19-9-8-16(12-4-2-5-13(17)10-12)20-15-7-3-6-14(18)11-15;16-12-4-1-3-11(9-12)15(7-8-18)19-14-6-2-5-13(17)10-14;16-12-4-2-6-14(10-12)19-15(7-8-18)11-3-1-5-13(17)9-11;16-12-4-1-3-11(9-12)15(7-8-18)19-14-6-2-5-13(17)10-14/h3*2-7,10-11,16,19H,8-9H2,1H3;3*1-6,9-10,15H,7-8,18H2/t2*16-;;;;/m10..../s1. The molecule has 12 rings (SSSR count). The van der Waals surface area contributed by atoms with Gasteiger partial charge in [-0.15, -0.1) is 0 Å². The van der Waals surface area contributed by atoms with Crippen molar-refractivity contribution in [2.75, 3.05) is 60.4 Å². The van der Waals surface area contributed by atoms with E-state index in [1.54, 1.807) is 97.1 Å². The minimum atomic E-state index is -0.353. The molecular formula is C93H96Cl4F8N6O6. The first kappa shape index (κ1) is 94.0. The third-order valence-electron chi connectivity index (χ3n) is 17.0. The molecule has 0 aliphatic heterocycles. The molecule has 0 aliphatic carbocycles. The molecule has 24 heteroatoms. The van der Waals surface area contributed by atoms with Crippen molar-refractivity contribution in [3.8, 4) is 34.5 Å². The number of hydrogen-bond donors (Lipinski definition) is 6. The maximum Gasteiger partial charge on any atom is 0.126 e. The Bertz CT molecular complexity index is 4400. The Labute approximate surface area is 700 Å². The summed E-state index contributed by atoms with van der Waals surface area (Å²) in [5.41, 5.74) is 21.8. The van der Waals surface area contributed by atoms with Crippen LogP contribution in [0.15, 0.2) is 291 Å². The number of hydrogen-bond acceptors (Lipinski definition) is 12.